The van der Waals surface area contributed by atoms with Crippen LogP contribution in [0.25, 0.3) is 0 Å². The summed E-state index contributed by atoms with van der Waals surface area (Å²) in [6, 6.07) is 11.6. The third-order valence-corrected chi connectivity index (χ3v) is 4.67. The molecule has 3 rings (SSSR count). The first-order valence-corrected chi connectivity index (χ1v) is 9.35. The lowest BCUT2D eigenvalue weighted by Crippen LogP contribution is -2.40. The molecular formula is C22H23F3N2O2. The van der Waals surface area contributed by atoms with Crippen molar-refractivity contribution >= 4 is 17.5 Å². The van der Waals surface area contributed by atoms with E-state index < -0.39 is 11.7 Å². The lowest BCUT2D eigenvalue weighted by molar-refractivity contribution is -0.137. The highest BCUT2D eigenvalue weighted by molar-refractivity contribution is 5.98. The predicted octanol–water partition coefficient (Wildman–Crippen LogP) is 4.98. The number of hydrogen-bond donors (Lipinski definition) is 2. The van der Waals surface area contributed by atoms with Crippen molar-refractivity contribution in [2.75, 3.05) is 5.32 Å². The van der Waals surface area contributed by atoms with Crippen LogP contribution in [0.1, 0.15) is 54.6 Å². The Kier molecular flexibility index (Phi) is 5.43. The highest BCUT2D eigenvalue weighted by atomic mass is 19.4. The van der Waals surface area contributed by atoms with Crippen LogP contribution >= 0.6 is 0 Å². The van der Waals surface area contributed by atoms with Crippen molar-refractivity contribution in [2.45, 2.75) is 44.8 Å². The maximum Gasteiger partial charge on any atom is 0.416 e. The van der Waals surface area contributed by atoms with Gasteiger partial charge in [-0.3, -0.25) is 9.59 Å². The molecule has 2 amide bonds. The Balaban J connectivity index is 1.62. The zero-order valence-corrected chi connectivity index (χ0v) is 16.4. The predicted molar refractivity (Wildman–Crippen MR) is 105 cm³/mol. The monoisotopic (exact) mass is 404 g/mol. The van der Waals surface area contributed by atoms with Gasteiger partial charge in [-0.1, -0.05) is 18.2 Å². The lowest BCUT2D eigenvalue weighted by Gasteiger charge is -2.20. The SMILES string of the molecule is CC(C)(C)NC(=O)c1cccc(NC(=O)C2CC2c2ccc(C(F)(F)F)cc2)c1. The van der Waals surface area contributed by atoms with Crippen molar-refractivity contribution in [1.82, 2.24) is 5.32 Å². The molecule has 1 saturated carbocycles. The Bertz CT molecular complexity index is 915. The fraction of sp³-hybridized carbons (Fsp3) is 0.364. The van der Waals surface area contributed by atoms with Gasteiger partial charge < -0.3 is 10.6 Å². The van der Waals surface area contributed by atoms with E-state index in [-0.39, 0.29) is 29.2 Å². The fourth-order valence-electron chi connectivity index (χ4n) is 3.16. The second kappa shape index (κ2) is 7.54. The average Bonchev–Trinajstić information content (AvgIpc) is 3.41. The van der Waals surface area contributed by atoms with Gasteiger partial charge in [0, 0.05) is 22.7 Å². The molecule has 29 heavy (non-hydrogen) atoms. The summed E-state index contributed by atoms with van der Waals surface area (Å²) in [6.45, 7) is 5.64. The third-order valence-electron chi connectivity index (χ3n) is 4.67. The van der Waals surface area contributed by atoms with Crippen LogP contribution in [0, 0.1) is 5.92 Å². The molecule has 0 bridgehead atoms. The molecule has 2 aromatic carbocycles. The molecule has 2 atom stereocenters. The number of carbonyl (C=O) groups excluding carboxylic acids is 2. The number of hydrogen-bond acceptors (Lipinski definition) is 2. The first-order valence-electron chi connectivity index (χ1n) is 9.35. The number of anilines is 1. The summed E-state index contributed by atoms with van der Waals surface area (Å²) in [6.07, 6.45) is -3.79. The smallest absolute Gasteiger partial charge is 0.347 e. The van der Waals surface area contributed by atoms with Crippen LogP contribution in [0.3, 0.4) is 0 Å². The Morgan fingerprint density at radius 3 is 2.24 bits per heavy atom. The number of amides is 2. The number of carbonyl (C=O) groups is 2. The van der Waals surface area contributed by atoms with Gasteiger partial charge in [-0.25, -0.2) is 0 Å². The second-order valence-corrected chi connectivity index (χ2v) is 8.34. The van der Waals surface area contributed by atoms with E-state index in [1.807, 2.05) is 20.8 Å². The van der Waals surface area contributed by atoms with Gasteiger partial charge in [0.05, 0.1) is 5.56 Å². The molecule has 4 nitrogen and oxygen atoms in total. The van der Waals surface area contributed by atoms with Gasteiger partial charge >= 0.3 is 6.18 Å². The zero-order valence-electron chi connectivity index (χ0n) is 16.4. The Morgan fingerprint density at radius 1 is 1.00 bits per heavy atom. The van der Waals surface area contributed by atoms with E-state index in [0.717, 1.165) is 17.7 Å². The molecule has 0 spiro atoms. The second-order valence-electron chi connectivity index (χ2n) is 8.34. The first kappa shape index (κ1) is 20.9. The third kappa shape index (κ3) is 5.37. The maximum absolute atomic E-state index is 12.7. The van der Waals surface area contributed by atoms with E-state index in [9.17, 15) is 22.8 Å². The van der Waals surface area contributed by atoms with Gasteiger partial charge in [0.15, 0.2) is 0 Å². The Morgan fingerprint density at radius 2 is 1.66 bits per heavy atom. The van der Waals surface area contributed by atoms with Crippen LogP contribution in [0.15, 0.2) is 48.5 Å². The molecule has 2 N–H and O–H groups in total. The quantitative estimate of drug-likeness (QED) is 0.755. The molecule has 1 aliphatic rings. The summed E-state index contributed by atoms with van der Waals surface area (Å²) >= 11 is 0. The number of alkyl halides is 3. The van der Waals surface area contributed by atoms with E-state index in [1.54, 1.807) is 24.3 Å². The van der Waals surface area contributed by atoms with Crippen molar-refractivity contribution < 1.29 is 22.8 Å². The van der Waals surface area contributed by atoms with Gasteiger partial charge in [-0.2, -0.15) is 13.2 Å². The van der Waals surface area contributed by atoms with Gasteiger partial charge in [0.2, 0.25) is 5.91 Å². The lowest BCUT2D eigenvalue weighted by atomic mass is 10.1. The largest absolute Gasteiger partial charge is 0.416 e. The molecule has 154 valence electrons. The van der Waals surface area contributed by atoms with Crippen LogP contribution in [-0.2, 0) is 11.0 Å². The first-order chi connectivity index (χ1) is 13.4. The molecule has 2 unspecified atom stereocenters. The molecule has 7 heteroatoms. The summed E-state index contributed by atoms with van der Waals surface area (Å²) in [5.74, 6) is -0.825. The molecule has 0 saturated heterocycles. The number of rotatable bonds is 4. The summed E-state index contributed by atoms with van der Waals surface area (Å²) < 4.78 is 38.0. The van der Waals surface area contributed by atoms with Crippen LogP contribution in [-0.4, -0.2) is 17.4 Å². The molecular weight excluding hydrogens is 381 g/mol. The van der Waals surface area contributed by atoms with Crippen LogP contribution in [0.2, 0.25) is 0 Å². The summed E-state index contributed by atoms with van der Waals surface area (Å²) in [7, 11) is 0. The molecule has 1 aliphatic carbocycles. The zero-order chi connectivity index (χ0) is 21.4. The van der Waals surface area contributed by atoms with Gasteiger partial charge in [0.25, 0.3) is 5.91 Å². The molecule has 1 fully saturated rings. The summed E-state index contributed by atoms with van der Waals surface area (Å²) in [5.41, 5.74) is 0.589. The molecule has 0 aromatic heterocycles. The molecule has 0 aliphatic heterocycles. The van der Waals surface area contributed by atoms with Crippen molar-refractivity contribution in [2.24, 2.45) is 5.92 Å². The van der Waals surface area contributed by atoms with E-state index in [2.05, 4.69) is 10.6 Å². The molecule has 0 heterocycles. The summed E-state index contributed by atoms with van der Waals surface area (Å²) in [4.78, 5) is 24.8. The minimum Gasteiger partial charge on any atom is -0.347 e. The topological polar surface area (TPSA) is 58.2 Å². The van der Waals surface area contributed by atoms with Gasteiger partial charge in [0.1, 0.15) is 0 Å². The number of nitrogens with one attached hydrogen (secondary N) is 2. The number of halogens is 3. The Hall–Kier alpha value is -2.83. The average molecular weight is 404 g/mol. The van der Waals surface area contributed by atoms with E-state index in [1.165, 1.54) is 12.1 Å². The van der Waals surface area contributed by atoms with Gasteiger partial charge in [-0.15, -0.1) is 0 Å². The standard InChI is InChI=1S/C22H23F3N2O2/c1-21(2,3)27-19(28)14-5-4-6-16(11-14)26-20(29)18-12-17(18)13-7-9-15(10-8-13)22(23,24)25/h4-11,17-18H,12H2,1-3H3,(H,26,29)(H,27,28). The van der Waals surface area contributed by atoms with Crippen molar-refractivity contribution in [3.63, 3.8) is 0 Å². The highest BCUT2D eigenvalue weighted by Crippen LogP contribution is 2.48. The minimum atomic E-state index is -4.37. The van der Waals surface area contributed by atoms with Crippen molar-refractivity contribution in [3.8, 4) is 0 Å². The normalized spacial score (nSPS) is 18.8. The van der Waals surface area contributed by atoms with Crippen LogP contribution in [0.4, 0.5) is 18.9 Å². The maximum atomic E-state index is 12.7. The van der Waals surface area contributed by atoms with E-state index >= 15 is 0 Å². The number of benzene rings is 2. The Labute approximate surface area is 167 Å². The van der Waals surface area contributed by atoms with Crippen LogP contribution < -0.4 is 10.6 Å². The van der Waals surface area contributed by atoms with Crippen molar-refractivity contribution in [3.05, 3.63) is 65.2 Å². The van der Waals surface area contributed by atoms with E-state index in [0.29, 0.717) is 17.7 Å². The molecule has 2 aromatic rings. The summed E-state index contributed by atoms with van der Waals surface area (Å²) in [5, 5.41) is 5.66. The highest BCUT2D eigenvalue weighted by Gasteiger charge is 2.44. The van der Waals surface area contributed by atoms with Crippen LogP contribution in [0.5, 0.6) is 0 Å². The fourth-order valence-corrected chi connectivity index (χ4v) is 3.16. The van der Waals surface area contributed by atoms with Gasteiger partial charge in [-0.05, 0) is 69.0 Å². The van der Waals surface area contributed by atoms with E-state index in [4.69, 9.17) is 0 Å². The van der Waals surface area contributed by atoms with Crippen molar-refractivity contribution in [1.29, 1.82) is 0 Å². The minimum absolute atomic E-state index is 0.0929. The molecule has 0 radical (unpaired) electrons.